The Balaban J connectivity index is 1.52. The van der Waals surface area contributed by atoms with Crippen LogP contribution in [0, 0.1) is 23.2 Å². The Kier molecular flexibility index (Phi) is 4.18. The molecule has 4 heteroatoms. The molecule has 4 aliphatic carbocycles. The lowest BCUT2D eigenvalue weighted by Crippen LogP contribution is -2.53. The van der Waals surface area contributed by atoms with Crippen LogP contribution in [0.2, 0.25) is 0 Å². The summed E-state index contributed by atoms with van der Waals surface area (Å²) < 4.78 is 5.39. The van der Waals surface area contributed by atoms with Gasteiger partial charge in [0.15, 0.2) is 0 Å². The molecule has 0 unspecified atom stereocenters. The van der Waals surface area contributed by atoms with Crippen molar-refractivity contribution in [1.29, 1.82) is 0 Å². The van der Waals surface area contributed by atoms with Gasteiger partial charge >= 0.3 is 0 Å². The summed E-state index contributed by atoms with van der Waals surface area (Å²) in [7, 11) is 0. The Morgan fingerprint density at radius 2 is 1.68 bits per heavy atom. The number of nitrogens with one attached hydrogen (secondary N) is 1. The molecule has 0 aromatic rings. The van der Waals surface area contributed by atoms with Crippen LogP contribution in [0.15, 0.2) is 0 Å². The maximum absolute atomic E-state index is 12.6. The third kappa shape index (κ3) is 2.85. The number of halogens is 1. The highest BCUT2D eigenvalue weighted by molar-refractivity contribution is 9.09. The lowest BCUT2D eigenvalue weighted by molar-refractivity contribution is -0.146. The van der Waals surface area contributed by atoms with Crippen LogP contribution in [-0.2, 0) is 9.53 Å². The topological polar surface area (TPSA) is 38.3 Å². The molecule has 1 N–H and O–H groups in total. The fourth-order valence-corrected chi connectivity index (χ4v) is 5.20. The van der Waals surface area contributed by atoms with E-state index in [-0.39, 0.29) is 5.41 Å². The largest absolute Gasteiger partial charge is 0.379 e. The fourth-order valence-electron chi connectivity index (χ4n) is 4.97. The van der Waals surface area contributed by atoms with Gasteiger partial charge in [-0.1, -0.05) is 15.9 Å². The van der Waals surface area contributed by atoms with Crippen LogP contribution in [0.4, 0.5) is 0 Å². The monoisotopic (exact) mass is 329 g/mol. The van der Waals surface area contributed by atoms with E-state index in [0.717, 1.165) is 42.3 Å². The highest BCUT2D eigenvalue weighted by Gasteiger charge is 2.54. The van der Waals surface area contributed by atoms with Crippen LogP contribution in [-0.4, -0.2) is 31.0 Å². The van der Waals surface area contributed by atoms with E-state index in [1.807, 2.05) is 0 Å². The highest BCUT2D eigenvalue weighted by atomic mass is 79.9. The minimum absolute atomic E-state index is 0.00975. The number of carbonyl (C=O) groups is 1. The fraction of sp³-hybridized carbons (Fsp3) is 0.933. The molecule has 0 radical (unpaired) electrons. The molecule has 0 heterocycles. The van der Waals surface area contributed by atoms with Crippen LogP contribution in [0.3, 0.4) is 0 Å². The van der Waals surface area contributed by atoms with E-state index in [0.29, 0.717) is 25.7 Å². The van der Waals surface area contributed by atoms with E-state index in [1.165, 1.54) is 19.3 Å². The molecule has 4 fully saturated rings. The molecule has 4 aliphatic rings. The first-order chi connectivity index (χ1) is 9.22. The minimum atomic E-state index is -0.00975. The summed E-state index contributed by atoms with van der Waals surface area (Å²) in [6.07, 6.45) is 7.61. The molecule has 0 saturated heterocycles. The molecule has 4 rings (SSSR count). The molecule has 19 heavy (non-hydrogen) atoms. The first-order valence-electron chi connectivity index (χ1n) is 7.64. The predicted octanol–water partition coefficient (Wildman–Crippen LogP) is 2.73. The minimum Gasteiger partial charge on any atom is -0.379 e. The molecule has 0 aromatic carbocycles. The van der Waals surface area contributed by atoms with E-state index in [9.17, 15) is 4.79 Å². The molecule has 0 spiro atoms. The van der Waals surface area contributed by atoms with Gasteiger partial charge in [-0.2, -0.15) is 0 Å². The van der Waals surface area contributed by atoms with E-state index in [2.05, 4.69) is 21.2 Å². The number of hydrogen-bond donors (Lipinski definition) is 1. The summed E-state index contributed by atoms with van der Waals surface area (Å²) in [4.78, 5) is 12.6. The SMILES string of the molecule is O=C(NCCOCCBr)C12CC3CC(CC(C3)C1)C2. The number of rotatable bonds is 6. The van der Waals surface area contributed by atoms with Gasteiger partial charge in [-0.3, -0.25) is 4.79 Å². The van der Waals surface area contributed by atoms with E-state index in [4.69, 9.17) is 4.74 Å². The zero-order valence-corrected chi connectivity index (χ0v) is 13.1. The lowest BCUT2D eigenvalue weighted by Gasteiger charge is -2.55. The van der Waals surface area contributed by atoms with E-state index >= 15 is 0 Å². The van der Waals surface area contributed by atoms with Gasteiger partial charge in [-0.15, -0.1) is 0 Å². The van der Waals surface area contributed by atoms with Crippen LogP contribution in [0.1, 0.15) is 38.5 Å². The van der Waals surface area contributed by atoms with Crippen LogP contribution < -0.4 is 5.32 Å². The molecule has 4 saturated carbocycles. The summed E-state index contributed by atoms with van der Waals surface area (Å²) in [5, 5.41) is 3.98. The predicted molar refractivity (Wildman–Crippen MR) is 78.2 cm³/mol. The zero-order valence-electron chi connectivity index (χ0n) is 11.5. The Hall–Kier alpha value is -0.0900. The van der Waals surface area contributed by atoms with Crippen molar-refractivity contribution in [3.8, 4) is 0 Å². The summed E-state index contributed by atoms with van der Waals surface area (Å²) in [5.41, 5.74) is -0.00975. The van der Waals surface area contributed by atoms with Crippen molar-refractivity contribution < 1.29 is 9.53 Å². The van der Waals surface area contributed by atoms with Crippen molar-refractivity contribution in [3.05, 3.63) is 0 Å². The normalized spacial score (nSPS) is 39.5. The highest BCUT2D eigenvalue weighted by Crippen LogP contribution is 2.60. The Bertz CT molecular complexity index is 310. The standard InChI is InChI=1S/C15H24BrNO2/c16-1-3-19-4-2-17-14(18)15-8-11-5-12(9-15)7-13(6-11)10-15/h11-13H,1-10H2,(H,17,18). The third-order valence-electron chi connectivity index (χ3n) is 5.27. The van der Waals surface area contributed by atoms with Crippen molar-refractivity contribution >= 4 is 21.8 Å². The Morgan fingerprint density at radius 1 is 1.11 bits per heavy atom. The van der Waals surface area contributed by atoms with Gasteiger partial charge in [-0.05, 0) is 56.3 Å². The molecule has 3 nitrogen and oxygen atoms in total. The summed E-state index contributed by atoms with van der Waals surface area (Å²) in [6, 6.07) is 0. The average Bonchev–Trinajstić information content (AvgIpc) is 2.36. The maximum Gasteiger partial charge on any atom is 0.226 e. The average molecular weight is 330 g/mol. The summed E-state index contributed by atoms with van der Waals surface area (Å²) in [6.45, 7) is 2.00. The second-order valence-corrected chi connectivity index (χ2v) is 7.55. The van der Waals surface area contributed by atoms with Crippen LogP contribution in [0.5, 0.6) is 0 Å². The van der Waals surface area contributed by atoms with Crippen molar-refractivity contribution in [2.75, 3.05) is 25.1 Å². The third-order valence-corrected chi connectivity index (χ3v) is 5.60. The van der Waals surface area contributed by atoms with Crippen molar-refractivity contribution in [2.24, 2.45) is 23.2 Å². The first-order valence-corrected chi connectivity index (χ1v) is 8.76. The van der Waals surface area contributed by atoms with Crippen LogP contribution >= 0.6 is 15.9 Å². The zero-order chi connectivity index (χ0) is 13.3. The number of alkyl halides is 1. The molecule has 0 aromatic heterocycles. The lowest BCUT2D eigenvalue weighted by atomic mass is 9.49. The number of amides is 1. The first kappa shape index (κ1) is 13.9. The molecule has 0 aliphatic heterocycles. The van der Waals surface area contributed by atoms with Gasteiger partial charge in [0.25, 0.3) is 0 Å². The van der Waals surface area contributed by atoms with Gasteiger partial charge in [0, 0.05) is 17.3 Å². The van der Waals surface area contributed by atoms with Gasteiger partial charge in [0.1, 0.15) is 0 Å². The Labute approximate surface area is 124 Å². The molecule has 0 atom stereocenters. The number of ether oxygens (including phenoxy) is 1. The van der Waals surface area contributed by atoms with Gasteiger partial charge < -0.3 is 10.1 Å². The van der Waals surface area contributed by atoms with Gasteiger partial charge in [0.05, 0.1) is 13.2 Å². The number of hydrogen-bond acceptors (Lipinski definition) is 2. The quantitative estimate of drug-likeness (QED) is 0.601. The van der Waals surface area contributed by atoms with Crippen LogP contribution in [0.25, 0.3) is 0 Å². The van der Waals surface area contributed by atoms with Crippen molar-refractivity contribution in [1.82, 2.24) is 5.32 Å². The van der Waals surface area contributed by atoms with Crippen molar-refractivity contribution in [2.45, 2.75) is 38.5 Å². The summed E-state index contributed by atoms with van der Waals surface area (Å²) >= 11 is 3.33. The summed E-state index contributed by atoms with van der Waals surface area (Å²) in [5.74, 6) is 2.82. The van der Waals surface area contributed by atoms with E-state index < -0.39 is 0 Å². The Morgan fingerprint density at radius 3 is 2.21 bits per heavy atom. The maximum atomic E-state index is 12.6. The molecular formula is C15H24BrNO2. The van der Waals surface area contributed by atoms with Gasteiger partial charge in [-0.25, -0.2) is 0 Å². The van der Waals surface area contributed by atoms with Gasteiger partial charge in [0.2, 0.25) is 5.91 Å². The molecule has 108 valence electrons. The van der Waals surface area contributed by atoms with E-state index in [1.54, 1.807) is 0 Å². The number of carbonyl (C=O) groups excluding carboxylic acids is 1. The molecule has 4 bridgehead atoms. The second kappa shape index (κ2) is 5.72. The smallest absolute Gasteiger partial charge is 0.226 e. The van der Waals surface area contributed by atoms with Crippen molar-refractivity contribution in [3.63, 3.8) is 0 Å². The second-order valence-electron chi connectivity index (χ2n) is 6.76. The molecular weight excluding hydrogens is 306 g/mol. The molecule has 1 amide bonds.